The Hall–Kier alpha value is -8.67. The third-order valence-electron chi connectivity index (χ3n) is 12.7. The van der Waals surface area contributed by atoms with E-state index in [4.69, 9.17) is 15.0 Å². The minimum atomic E-state index is 0.563. The molecule has 5 nitrogen and oxygen atoms in total. The molecule has 0 N–H and O–H groups in total. The molecule has 0 atom stereocenters. The van der Waals surface area contributed by atoms with E-state index in [0.717, 1.165) is 72.0 Å². The normalized spacial score (nSPS) is 11.8. The summed E-state index contributed by atoms with van der Waals surface area (Å²) >= 11 is 0. The first kappa shape index (κ1) is 36.0. The summed E-state index contributed by atoms with van der Waals surface area (Å²) in [4.78, 5) is 15.8. The van der Waals surface area contributed by atoms with Crippen molar-refractivity contribution in [2.45, 2.75) is 0 Å². The molecule has 298 valence electrons. The van der Waals surface area contributed by atoms with Crippen LogP contribution in [0.3, 0.4) is 0 Å². The van der Waals surface area contributed by atoms with Crippen LogP contribution in [0, 0.1) is 0 Å². The van der Waals surface area contributed by atoms with Crippen molar-refractivity contribution in [1.29, 1.82) is 0 Å². The summed E-state index contributed by atoms with van der Waals surface area (Å²) in [7, 11) is 0. The topological polar surface area (TPSA) is 48.5 Å². The molecule has 3 heterocycles. The highest BCUT2D eigenvalue weighted by Crippen LogP contribution is 2.42. The van der Waals surface area contributed by atoms with Gasteiger partial charge in [-0.1, -0.05) is 182 Å². The van der Waals surface area contributed by atoms with Crippen LogP contribution in [0.4, 0.5) is 0 Å². The van der Waals surface area contributed by atoms with E-state index in [-0.39, 0.29) is 0 Å². The average Bonchev–Trinajstić information content (AvgIpc) is 3.89. The maximum Gasteiger partial charge on any atom is 0.238 e. The van der Waals surface area contributed by atoms with Gasteiger partial charge in [-0.15, -0.1) is 0 Å². The summed E-state index contributed by atoms with van der Waals surface area (Å²) < 4.78 is 4.63. The van der Waals surface area contributed by atoms with Gasteiger partial charge < -0.3 is 4.57 Å². The Bertz CT molecular complexity index is 3750. The average molecular weight is 816 g/mol. The van der Waals surface area contributed by atoms with E-state index < -0.39 is 0 Å². The lowest BCUT2D eigenvalue weighted by Gasteiger charge is -2.12. The van der Waals surface area contributed by atoms with E-state index in [9.17, 15) is 0 Å². The van der Waals surface area contributed by atoms with E-state index in [1.807, 2.05) is 12.1 Å². The molecule has 0 aliphatic heterocycles. The second-order valence-electron chi connectivity index (χ2n) is 16.5. The van der Waals surface area contributed by atoms with Gasteiger partial charge in [-0.05, 0) is 86.6 Å². The number of aromatic nitrogens is 5. The maximum atomic E-state index is 5.31. The molecule has 64 heavy (non-hydrogen) atoms. The van der Waals surface area contributed by atoms with Gasteiger partial charge in [0.15, 0.2) is 11.6 Å². The van der Waals surface area contributed by atoms with Crippen molar-refractivity contribution >= 4 is 54.4 Å². The van der Waals surface area contributed by atoms with Crippen molar-refractivity contribution in [1.82, 2.24) is 24.1 Å². The third-order valence-corrected chi connectivity index (χ3v) is 12.7. The first-order valence-electron chi connectivity index (χ1n) is 21.7. The molecule has 3 aromatic heterocycles. The third kappa shape index (κ3) is 5.83. The molecule has 0 radical (unpaired) electrons. The molecule has 0 unspecified atom stereocenters. The minimum Gasteiger partial charge on any atom is -0.309 e. The minimum absolute atomic E-state index is 0.563. The molecule has 0 saturated heterocycles. The van der Waals surface area contributed by atoms with Crippen molar-refractivity contribution in [2.24, 2.45) is 0 Å². The molecular weight excluding hydrogens is 779 g/mol. The van der Waals surface area contributed by atoms with Crippen LogP contribution in [0.2, 0.25) is 0 Å². The number of para-hydroxylation sites is 2. The molecular formula is C59H37N5. The van der Waals surface area contributed by atoms with Crippen LogP contribution in [0.5, 0.6) is 0 Å². The fourth-order valence-corrected chi connectivity index (χ4v) is 9.69. The van der Waals surface area contributed by atoms with Crippen molar-refractivity contribution in [3.8, 4) is 67.8 Å². The van der Waals surface area contributed by atoms with Crippen LogP contribution in [0.25, 0.3) is 122 Å². The van der Waals surface area contributed by atoms with Crippen LogP contribution < -0.4 is 0 Å². The summed E-state index contributed by atoms with van der Waals surface area (Å²) in [6, 6.07) is 79.8. The highest BCUT2D eigenvalue weighted by molar-refractivity contribution is 6.25. The predicted octanol–water partition coefficient (Wildman–Crippen LogP) is 15.0. The Balaban J connectivity index is 1.02. The molecule has 0 aliphatic carbocycles. The smallest absolute Gasteiger partial charge is 0.238 e. The highest BCUT2D eigenvalue weighted by atomic mass is 15.2. The lowest BCUT2D eigenvalue weighted by Crippen LogP contribution is -2.06. The van der Waals surface area contributed by atoms with Gasteiger partial charge in [0.25, 0.3) is 0 Å². The van der Waals surface area contributed by atoms with E-state index >= 15 is 0 Å². The second-order valence-corrected chi connectivity index (χ2v) is 16.5. The molecule has 0 saturated carbocycles. The quantitative estimate of drug-likeness (QED) is 0.151. The number of hydrogen-bond acceptors (Lipinski definition) is 3. The molecule has 0 fully saturated rings. The molecule has 0 aliphatic rings. The Morgan fingerprint density at radius 3 is 1.44 bits per heavy atom. The fourth-order valence-electron chi connectivity index (χ4n) is 9.69. The van der Waals surface area contributed by atoms with E-state index in [1.165, 1.54) is 32.6 Å². The number of fused-ring (bicyclic) bond motifs is 3. The summed E-state index contributed by atoms with van der Waals surface area (Å²) in [5.74, 6) is 1.78. The monoisotopic (exact) mass is 815 g/mol. The first-order chi connectivity index (χ1) is 31.7. The Morgan fingerprint density at radius 2 is 0.766 bits per heavy atom. The van der Waals surface area contributed by atoms with Crippen LogP contribution in [-0.4, -0.2) is 24.1 Å². The van der Waals surface area contributed by atoms with Gasteiger partial charge in [-0.2, -0.15) is 9.97 Å². The number of nitrogens with zero attached hydrogens (tertiary/aromatic N) is 5. The summed E-state index contributed by atoms with van der Waals surface area (Å²) in [6.07, 6.45) is 0. The summed E-state index contributed by atoms with van der Waals surface area (Å²) in [5.41, 5.74) is 14.3. The van der Waals surface area contributed by atoms with Crippen LogP contribution in [-0.2, 0) is 0 Å². The Labute approximate surface area is 369 Å². The van der Waals surface area contributed by atoms with Crippen molar-refractivity contribution in [2.75, 3.05) is 0 Å². The molecule has 13 aromatic rings. The van der Waals surface area contributed by atoms with Gasteiger partial charge in [0.2, 0.25) is 5.95 Å². The van der Waals surface area contributed by atoms with Gasteiger partial charge in [-0.3, -0.25) is 4.57 Å². The molecule has 5 heteroatoms. The molecule has 10 aromatic carbocycles. The summed E-state index contributed by atoms with van der Waals surface area (Å²) in [6.45, 7) is 0. The molecule has 0 bridgehead atoms. The first-order valence-corrected chi connectivity index (χ1v) is 21.7. The van der Waals surface area contributed by atoms with Crippen molar-refractivity contribution in [3.05, 3.63) is 224 Å². The van der Waals surface area contributed by atoms with Gasteiger partial charge in [0.05, 0.1) is 22.1 Å². The Morgan fingerprint density at radius 1 is 0.266 bits per heavy atom. The molecule has 13 rings (SSSR count). The number of hydrogen-bond donors (Lipinski definition) is 0. The Kier molecular flexibility index (Phi) is 8.15. The fraction of sp³-hybridized carbons (Fsp3) is 0. The predicted molar refractivity (Wildman–Crippen MR) is 264 cm³/mol. The lowest BCUT2D eigenvalue weighted by atomic mass is 9.97. The second kappa shape index (κ2) is 14.5. The van der Waals surface area contributed by atoms with Gasteiger partial charge in [0, 0.05) is 38.4 Å². The number of benzene rings is 10. The zero-order valence-corrected chi connectivity index (χ0v) is 34.6. The summed E-state index contributed by atoms with van der Waals surface area (Å²) in [5, 5.41) is 7.32. The zero-order chi connectivity index (χ0) is 42.1. The lowest BCUT2D eigenvalue weighted by molar-refractivity contribution is 0.953. The maximum absolute atomic E-state index is 5.31. The SMILES string of the molecule is c1ccc(-c2ccc(-c3nc(-c4ccc(-c5ccccc5)cc4)nc(-n4c5ccccc5c5ccc(-c6cc7ccc8cccc9c8c7c(c6)n9-c6ccccc6)cc54)n3)cc2)cc1. The molecule has 0 amide bonds. The van der Waals surface area contributed by atoms with Gasteiger partial charge in [0.1, 0.15) is 0 Å². The van der Waals surface area contributed by atoms with E-state index in [2.05, 4.69) is 221 Å². The van der Waals surface area contributed by atoms with E-state index in [0.29, 0.717) is 17.6 Å². The largest absolute Gasteiger partial charge is 0.309 e. The van der Waals surface area contributed by atoms with E-state index in [1.54, 1.807) is 0 Å². The van der Waals surface area contributed by atoms with Crippen molar-refractivity contribution < 1.29 is 0 Å². The van der Waals surface area contributed by atoms with Crippen LogP contribution in [0.1, 0.15) is 0 Å². The number of rotatable bonds is 7. The zero-order valence-electron chi connectivity index (χ0n) is 34.6. The van der Waals surface area contributed by atoms with Gasteiger partial charge >= 0.3 is 0 Å². The van der Waals surface area contributed by atoms with Crippen LogP contribution >= 0.6 is 0 Å². The van der Waals surface area contributed by atoms with Gasteiger partial charge in [-0.25, -0.2) is 4.98 Å². The highest BCUT2D eigenvalue weighted by Gasteiger charge is 2.21. The van der Waals surface area contributed by atoms with Crippen molar-refractivity contribution in [3.63, 3.8) is 0 Å². The molecule has 0 spiro atoms. The van der Waals surface area contributed by atoms with Crippen LogP contribution in [0.15, 0.2) is 224 Å². The standard InChI is InChI=1S/C59H37N5/c1-4-13-38(14-5-1)40-23-28-43(29-24-40)57-60-58(44-30-25-41(26-31-44)39-15-6-2-7-16-39)62-59(61-57)64-51-21-11-10-20-49(51)50-34-33-45(36-53(50)64)47-35-46-32-27-42-17-12-22-52-55(42)56(46)54(37-47)63(52)48-18-8-3-9-19-48/h1-37H.